The van der Waals surface area contributed by atoms with Crippen molar-refractivity contribution in [1.29, 1.82) is 0 Å². The number of benzene rings is 1. The molecule has 1 N–H and O–H groups in total. The van der Waals surface area contributed by atoms with E-state index in [1.807, 2.05) is 12.1 Å². The summed E-state index contributed by atoms with van der Waals surface area (Å²) in [5, 5.41) is 8.58. The van der Waals surface area contributed by atoms with Gasteiger partial charge in [-0.05, 0) is 41.9 Å². The second-order valence-electron chi connectivity index (χ2n) is 5.31. The Kier molecular flexibility index (Phi) is 4.19. The standard InChI is InChI=1S/C16H20O2/c1-12-3-2-4-15(11-12)14-8-5-13(6-9-14)7-10-16(17)18/h5-10,12,15H,2-4,11H2,1H3,(H,17,18). The average Bonchev–Trinajstić information content (AvgIpc) is 2.37. The Bertz CT molecular complexity index is 431. The monoisotopic (exact) mass is 244 g/mol. The van der Waals surface area contributed by atoms with Crippen LogP contribution in [-0.2, 0) is 4.79 Å². The number of aliphatic carboxylic acids is 1. The van der Waals surface area contributed by atoms with Gasteiger partial charge in [0.1, 0.15) is 0 Å². The van der Waals surface area contributed by atoms with Crippen LogP contribution < -0.4 is 0 Å². The minimum atomic E-state index is -0.903. The lowest BCUT2D eigenvalue weighted by atomic mass is 9.79. The summed E-state index contributed by atoms with van der Waals surface area (Å²) < 4.78 is 0. The molecule has 0 amide bonds. The zero-order valence-electron chi connectivity index (χ0n) is 10.8. The van der Waals surface area contributed by atoms with Gasteiger partial charge >= 0.3 is 5.97 Å². The van der Waals surface area contributed by atoms with Crippen molar-refractivity contribution in [2.45, 2.75) is 38.5 Å². The molecule has 2 rings (SSSR count). The molecule has 1 aliphatic carbocycles. The summed E-state index contributed by atoms with van der Waals surface area (Å²) >= 11 is 0. The van der Waals surface area contributed by atoms with E-state index in [9.17, 15) is 4.79 Å². The van der Waals surface area contributed by atoms with Gasteiger partial charge in [0.05, 0.1) is 0 Å². The lowest BCUT2D eigenvalue weighted by Gasteiger charge is -2.27. The van der Waals surface area contributed by atoms with E-state index in [2.05, 4.69) is 19.1 Å². The molecule has 0 heterocycles. The Hall–Kier alpha value is -1.57. The van der Waals surface area contributed by atoms with Crippen molar-refractivity contribution >= 4 is 12.0 Å². The van der Waals surface area contributed by atoms with Crippen LogP contribution in [0.2, 0.25) is 0 Å². The highest BCUT2D eigenvalue weighted by Gasteiger charge is 2.19. The fourth-order valence-corrected chi connectivity index (χ4v) is 2.78. The van der Waals surface area contributed by atoms with Gasteiger partial charge in [0, 0.05) is 6.08 Å². The van der Waals surface area contributed by atoms with Crippen LogP contribution in [0.5, 0.6) is 0 Å². The summed E-state index contributed by atoms with van der Waals surface area (Å²) in [4.78, 5) is 10.4. The SMILES string of the molecule is CC1CCCC(c2ccc(C=CC(=O)O)cc2)C1. The first-order chi connectivity index (χ1) is 8.65. The summed E-state index contributed by atoms with van der Waals surface area (Å²) in [6.07, 6.45) is 8.06. The van der Waals surface area contributed by atoms with Crippen LogP contribution in [-0.4, -0.2) is 11.1 Å². The van der Waals surface area contributed by atoms with Gasteiger partial charge in [-0.3, -0.25) is 0 Å². The molecule has 1 saturated carbocycles. The fraction of sp³-hybridized carbons (Fsp3) is 0.438. The smallest absolute Gasteiger partial charge is 0.328 e. The second kappa shape index (κ2) is 5.85. The molecule has 2 atom stereocenters. The first-order valence-corrected chi connectivity index (χ1v) is 6.66. The molecule has 2 heteroatoms. The molecule has 0 aliphatic heterocycles. The van der Waals surface area contributed by atoms with Gasteiger partial charge in [-0.2, -0.15) is 0 Å². The van der Waals surface area contributed by atoms with Crippen molar-refractivity contribution in [3.05, 3.63) is 41.5 Å². The van der Waals surface area contributed by atoms with Crippen LogP contribution in [0, 0.1) is 5.92 Å². The molecule has 96 valence electrons. The average molecular weight is 244 g/mol. The maximum Gasteiger partial charge on any atom is 0.328 e. The molecule has 0 saturated heterocycles. The molecule has 0 spiro atoms. The lowest BCUT2D eigenvalue weighted by Crippen LogP contribution is -2.11. The molecule has 1 aliphatic rings. The van der Waals surface area contributed by atoms with Crippen LogP contribution in [0.3, 0.4) is 0 Å². The molecule has 0 radical (unpaired) electrons. The summed E-state index contributed by atoms with van der Waals surface area (Å²) in [6.45, 7) is 2.33. The van der Waals surface area contributed by atoms with Gasteiger partial charge in [-0.1, -0.05) is 44.0 Å². The Morgan fingerprint density at radius 1 is 1.28 bits per heavy atom. The Labute approximate surface area is 108 Å². The minimum absolute atomic E-state index is 0.686. The van der Waals surface area contributed by atoms with Crippen molar-refractivity contribution in [3.63, 3.8) is 0 Å². The summed E-state index contributed by atoms with van der Waals surface area (Å²) in [7, 11) is 0. The molecule has 1 aromatic carbocycles. The van der Waals surface area contributed by atoms with Crippen molar-refractivity contribution in [3.8, 4) is 0 Å². The van der Waals surface area contributed by atoms with Crippen molar-refractivity contribution in [2.75, 3.05) is 0 Å². The summed E-state index contributed by atoms with van der Waals surface area (Å²) in [5.74, 6) is 0.613. The number of carboxylic acid groups (broad SMARTS) is 1. The largest absolute Gasteiger partial charge is 0.478 e. The number of hydrogen-bond donors (Lipinski definition) is 1. The van der Waals surface area contributed by atoms with E-state index in [1.165, 1.54) is 37.3 Å². The third kappa shape index (κ3) is 3.46. The molecular formula is C16H20O2. The third-order valence-electron chi connectivity index (χ3n) is 3.76. The quantitative estimate of drug-likeness (QED) is 0.813. The highest BCUT2D eigenvalue weighted by atomic mass is 16.4. The number of carboxylic acids is 1. The zero-order chi connectivity index (χ0) is 13.0. The highest BCUT2D eigenvalue weighted by molar-refractivity contribution is 5.85. The molecular weight excluding hydrogens is 224 g/mol. The fourth-order valence-electron chi connectivity index (χ4n) is 2.78. The molecule has 18 heavy (non-hydrogen) atoms. The number of carbonyl (C=O) groups is 1. The molecule has 2 unspecified atom stereocenters. The van der Waals surface area contributed by atoms with E-state index in [1.54, 1.807) is 6.08 Å². The summed E-state index contributed by atoms with van der Waals surface area (Å²) in [6, 6.07) is 8.30. The van der Waals surface area contributed by atoms with Crippen LogP contribution in [0.25, 0.3) is 6.08 Å². The van der Waals surface area contributed by atoms with E-state index >= 15 is 0 Å². The van der Waals surface area contributed by atoms with E-state index in [0.717, 1.165) is 11.5 Å². The van der Waals surface area contributed by atoms with Crippen molar-refractivity contribution in [2.24, 2.45) is 5.92 Å². The van der Waals surface area contributed by atoms with Crippen LogP contribution in [0.4, 0.5) is 0 Å². The predicted octanol–water partition coefficient (Wildman–Crippen LogP) is 4.08. The minimum Gasteiger partial charge on any atom is -0.478 e. The molecule has 1 fully saturated rings. The van der Waals surface area contributed by atoms with Crippen molar-refractivity contribution < 1.29 is 9.90 Å². The van der Waals surface area contributed by atoms with Gasteiger partial charge in [-0.15, -0.1) is 0 Å². The predicted molar refractivity (Wildman–Crippen MR) is 73.5 cm³/mol. The Morgan fingerprint density at radius 2 is 2.00 bits per heavy atom. The molecule has 2 nitrogen and oxygen atoms in total. The maximum atomic E-state index is 10.4. The van der Waals surface area contributed by atoms with Crippen molar-refractivity contribution in [1.82, 2.24) is 0 Å². The van der Waals surface area contributed by atoms with E-state index in [0.29, 0.717) is 5.92 Å². The number of hydrogen-bond acceptors (Lipinski definition) is 1. The van der Waals surface area contributed by atoms with Crippen LogP contribution >= 0.6 is 0 Å². The molecule has 1 aromatic rings. The summed E-state index contributed by atoms with van der Waals surface area (Å²) in [5.41, 5.74) is 2.35. The number of rotatable bonds is 3. The molecule has 0 bridgehead atoms. The zero-order valence-corrected chi connectivity index (χ0v) is 10.8. The van der Waals surface area contributed by atoms with E-state index in [4.69, 9.17) is 5.11 Å². The highest BCUT2D eigenvalue weighted by Crippen LogP contribution is 2.35. The maximum absolute atomic E-state index is 10.4. The first-order valence-electron chi connectivity index (χ1n) is 6.66. The first kappa shape index (κ1) is 12.9. The Morgan fingerprint density at radius 3 is 2.61 bits per heavy atom. The third-order valence-corrected chi connectivity index (χ3v) is 3.76. The van der Waals surface area contributed by atoms with Crippen LogP contribution in [0.15, 0.2) is 30.3 Å². The van der Waals surface area contributed by atoms with Gasteiger partial charge < -0.3 is 5.11 Å². The van der Waals surface area contributed by atoms with Gasteiger partial charge in [0.2, 0.25) is 0 Å². The Balaban J connectivity index is 2.05. The van der Waals surface area contributed by atoms with E-state index < -0.39 is 5.97 Å². The van der Waals surface area contributed by atoms with E-state index in [-0.39, 0.29) is 0 Å². The molecule has 0 aromatic heterocycles. The second-order valence-corrected chi connectivity index (χ2v) is 5.31. The topological polar surface area (TPSA) is 37.3 Å². The normalized spacial score (nSPS) is 24.3. The van der Waals surface area contributed by atoms with Gasteiger partial charge in [0.15, 0.2) is 0 Å². The van der Waals surface area contributed by atoms with Gasteiger partial charge in [0.25, 0.3) is 0 Å². The van der Waals surface area contributed by atoms with Crippen LogP contribution in [0.1, 0.15) is 49.7 Å². The van der Waals surface area contributed by atoms with Gasteiger partial charge in [-0.25, -0.2) is 4.79 Å². The lowest BCUT2D eigenvalue weighted by molar-refractivity contribution is -0.131.